The number of esters is 1. The molecular formula is C11H10O5. The third-order valence-electron chi connectivity index (χ3n) is 1.85. The summed E-state index contributed by atoms with van der Waals surface area (Å²) in [6.45, 7) is 0.485. The number of ether oxygens (including phenoxy) is 1. The zero-order valence-electron chi connectivity index (χ0n) is 8.60. The highest BCUT2D eigenvalue weighted by Gasteiger charge is 2.15. The van der Waals surface area contributed by atoms with Gasteiger partial charge >= 0.3 is 5.97 Å². The summed E-state index contributed by atoms with van der Waals surface area (Å²) in [5, 5.41) is 9.30. The summed E-state index contributed by atoms with van der Waals surface area (Å²) in [6, 6.07) is 5.77. The van der Waals surface area contributed by atoms with Crippen molar-refractivity contribution in [3.05, 3.63) is 29.8 Å². The molecule has 0 saturated heterocycles. The van der Waals surface area contributed by atoms with E-state index in [1.165, 1.54) is 12.1 Å². The standard InChI is InChI=1S/C11H10O5/c1-7(12)10(14)6-16-11(15)8-4-2-3-5-9(8)13/h2-5,13H,6H2,1H3. The number of phenols is 1. The van der Waals surface area contributed by atoms with E-state index in [1.807, 2.05) is 0 Å². The highest BCUT2D eigenvalue weighted by Crippen LogP contribution is 2.16. The average molecular weight is 222 g/mol. The molecule has 0 bridgehead atoms. The van der Waals surface area contributed by atoms with E-state index < -0.39 is 24.1 Å². The lowest BCUT2D eigenvalue weighted by Crippen LogP contribution is -2.19. The average Bonchev–Trinajstić information content (AvgIpc) is 2.25. The molecule has 0 spiro atoms. The Kier molecular flexibility index (Phi) is 3.77. The molecular weight excluding hydrogens is 212 g/mol. The summed E-state index contributed by atoms with van der Waals surface area (Å²) in [7, 11) is 0. The molecule has 1 aromatic rings. The first-order valence-corrected chi connectivity index (χ1v) is 4.51. The molecule has 0 aliphatic rings. The number of carbonyl (C=O) groups is 3. The van der Waals surface area contributed by atoms with Gasteiger partial charge in [-0.2, -0.15) is 0 Å². The van der Waals surface area contributed by atoms with Crippen molar-refractivity contribution in [1.82, 2.24) is 0 Å². The summed E-state index contributed by atoms with van der Waals surface area (Å²) < 4.78 is 4.56. The van der Waals surface area contributed by atoms with Gasteiger partial charge < -0.3 is 9.84 Å². The van der Waals surface area contributed by atoms with Crippen molar-refractivity contribution in [2.45, 2.75) is 6.92 Å². The number of rotatable bonds is 4. The van der Waals surface area contributed by atoms with Gasteiger partial charge in [0.25, 0.3) is 0 Å². The van der Waals surface area contributed by atoms with Crippen LogP contribution in [0.2, 0.25) is 0 Å². The van der Waals surface area contributed by atoms with Crippen LogP contribution >= 0.6 is 0 Å². The number of aromatic hydroxyl groups is 1. The van der Waals surface area contributed by atoms with E-state index in [2.05, 4.69) is 4.74 Å². The zero-order chi connectivity index (χ0) is 12.1. The van der Waals surface area contributed by atoms with Gasteiger partial charge in [-0.15, -0.1) is 0 Å². The van der Waals surface area contributed by atoms with Crippen molar-refractivity contribution in [1.29, 1.82) is 0 Å². The molecule has 0 saturated carbocycles. The van der Waals surface area contributed by atoms with Crippen LogP contribution in [0.3, 0.4) is 0 Å². The molecule has 0 heterocycles. The van der Waals surface area contributed by atoms with Crippen LogP contribution in [0.1, 0.15) is 17.3 Å². The lowest BCUT2D eigenvalue weighted by Gasteiger charge is -2.04. The summed E-state index contributed by atoms with van der Waals surface area (Å²) in [5.74, 6) is -2.54. The maximum absolute atomic E-state index is 11.3. The first-order chi connectivity index (χ1) is 7.52. The Bertz CT molecular complexity index is 436. The number of ketones is 2. The van der Waals surface area contributed by atoms with Crippen LogP contribution in [0.4, 0.5) is 0 Å². The highest BCUT2D eigenvalue weighted by molar-refractivity contribution is 6.37. The van der Waals surface area contributed by atoms with Crippen molar-refractivity contribution in [2.75, 3.05) is 6.61 Å². The minimum atomic E-state index is -0.840. The third kappa shape index (κ3) is 2.91. The van der Waals surface area contributed by atoms with E-state index in [0.29, 0.717) is 0 Å². The predicted molar refractivity (Wildman–Crippen MR) is 54.1 cm³/mol. The van der Waals surface area contributed by atoms with Gasteiger partial charge in [0, 0.05) is 6.92 Å². The van der Waals surface area contributed by atoms with Gasteiger partial charge in [-0.1, -0.05) is 12.1 Å². The van der Waals surface area contributed by atoms with E-state index >= 15 is 0 Å². The normalized spacial score (nSPS) is 9.56. The summed E-state index contributed by atoms with van der Waals surface area (Å²) in [6.07, 6.45) is 0. The Morgan fingerprint density at radius 2 is 1.88 bits per heavy atom. The molecule has 0 fully saturated rings. The molecule has 0 atom stereocenters. The molecule has 0 aliphatic carbocycles. The molecule has 1 N–H and O–H groups in total. The largest absolute Gasteiger partial charge is 0.507 e. The van der Waals surface area contributed by atoms with E-state index in [9.17, 15) is 19.5 Å². The molecule has 5 heteroatoms. The molecule has 16 heavy (non-hydrogen) atoms. The van der Waals surface area contributed by atoms with Crippen LogP contribution in [0.25, 0.3) is 0 Å². The van der Waals surface area contributed by atoms with Crippen LogP contribution in [-0.4, -0.2) is 29.2 Å². The Balaban J connectivity index is 2.64. The van der Waals surface area contributed by atoms with Crippen LogP contribution < -0.4 is 0 Å². The topological polar surface area (TPSA) is 80.7 Å². The van der Waals surface area contributed by atoms with Crippen molar-refractivity contribution in [3.8, 4) is 5.75 Å². The Labute approximate surface area is 91.6 Å². The molecule has 1 aromatic carbocycles. The molecule has 1 rings (SSSR count). The van der Waals surface area contributed by atoms with Crippen LogP contribution in [-0.2, 0) is 14.3 Å². The zero-order valence-corrected chi connectivity index (χ0v) is 8.60. The number of carbonyl (C=O) groups excluding carboxylic acids is 3. The predicted octanol–water partition coefficient (Wildman–Crippen LogP) is 0.707. The molecule has 0 unspecified atom stereocenters. The van der Waals surface area contributed by atoms with Gasteiger partial charge in [-0.3, -0.25) is 9.59 Å². The van der Waals surface area contributed by atoms with Crippen molar-refractivity contribution in [2.24, 2.45) is 0 Å². The van der Waals surface area contributed by atoms with Crippen LogP contribution in [0, 0.1) is 0 Å². The van der Waals surface area contributed by atoms with Crippen molar-refractivity contribution < 1.29 is 24.2 Å². The summed E-state index contributed by atoms with van der Waals surface area (Å²) in [4.78, 5) is 32.8. The van der Waals surface area contributed by atoms with Gasteiger partial charge in [0.1, 0.15) is 11.3 Å². The fourth-order valence-corrected chi connectivity index (χ4v) is 0.957. The number of hydrogen-bond donors (Lipinski definition) is 1. The molecule has 84 valence electrons. The number of para-hydroxylation sites is 1. The minimum Gasteiger partial charge on any atom is -0.507 e. The lowest BCUT2D eigenvalue weighted by molar-refractivity contribution is -0.137. The third-order valence-corrected chi connectivity index (χ3v) is 1.85. The Morgan fingerprint density at radius 1 is 1.25 bits per heavy atom. The highest BCUT2D eigenvalue weighted by atomic mass is 16.5. The van der Waals surface area contributed by atoms with Gasteiger partial charge in [0.2, 0.25) is 5.78 Å². The second kappa shape index (κ2) is 5.06. The maximum Gasteiger partial charge on any atom is 0.342 e. The fourth-order valence-electron chi connectivity index (χ4n) is 0.957. The van der Waals surface area contributed by atoms with E-state index in [0.717, 1.165) is 6.92 Å². The van der Waals surface area contributed by atoms with Crippen molar-refractivity contribution in [3.63, 3.8) is 0 Å². The molecule has 0 aliphatic heterocycles. The SMILES string of the molecule is CC(=O)C(=O)COC(=O)c1ccccc1O. The quantitative estimate of drug-likeness (QED) is 0.599. The molecule has 5 nitrogen and oxygen atoms in total. The van der Waals surface area contributed by atoms with E-state index in [-0.39, 0.29) is 11.3 Å². The number of benzene rings is 1. The van der Waals surface area contributed by atoms with Crippen LogP contribution in [0.15, 0.2) is 24.3 Å². The van der Waals surface area contributed by atoms with Gasteiger partial charge in [-0.25, -0.2) is 4.79 Å². The Morgan fingerprint density at radius 3 is 2.44 bits per heavy atom. The monoisotopic (exact) mass is 222 g/mol. The van der Waals surface area contributed by atoms with Gasteiger partial charge in [0.15, 0.2) is 12.4 Å². The molecule has 0 aromatic heterocycles. The summed E-state index contributed by atoms with van der Waals surface area (Å²) in [5.41, 5.74) is -0.0427. The first-order valence-electron chi connectivity index (χ1n) is 4.51. The second-order valence-electron chi connectivity index (χ2n) is 3.07. The van der Waals surface area contributed by atoms with E-state index in [1.54, 1.807) is 12.1 Å². The number of Topliss-reactive ketones (excluding diaryl/α,β-unsaturated/α-hetero) is 2. The second-order valence-corrected chi connectivity index (χ2v) is 3.07. The Hall–Kier alpha value is -2.17. The number of hydrogen-bond acceptors (Lipinski definition) is 5. The molecule has 0 radical (unpaired) electrons. The van der Waals surface area contributed by atoms with Gasteiger partial charge in [-0.05, 0) is 12.1 Å². The van der Waals surface area contributed by atoms with Gasteiger partial charge in [0.05, 0.1) is 0 Å². The summed E-state index contributed by atoms with van der Waals surface area (Å²) >= 11 is 0. The lowest BCUT2D eigenvalue weighted by atomic mass is 10.2. The fraction of sp³-hybridized carbons (Fsp3) is 0.182. The smallest absolute Gasteiger partial charge is 0.342 e. The van der Waals surface area contributed by atoms with Crippen LogP contribution in [0.5, 0.6) is 5.75 Å². The first kappa shape index (κ1) is 11.9. The van der Waals surface area contributed by atoms with E-state index in [4.69, 9.17) is 0 Å². The van der Waals surface area contributed by atoms with Crippen molar-refractivity contribution >= 4 is 17.5 Å². The minimum absolute atomic E-state index is 0.0427. The number of phenolic OH excluding ortho intramolecular Hbond substituents is 1. The maximum atomic E-state index is 11.3. The molecule has 0 amide bonds.